The average Bonchev–Trinajstić information content (AvgIpc) is 2.34. The van der Waals surface area contributed by atoms with Gasteiger partial charge in [-0.3, -0.25) is 0 Å². The van der Waals surface area contributed by atoms with E-state index in [2.05, 4.69) is 39.5 Å². The first-order valence-electron chi connectivity index (χ1n) is 7.54. The van der Waals surface area contributed by atoms with Gasteiger partial charge in [-0.1, -0.05) is 34.1 Å². The number of likely N-dealkylation sites (N-methyl/N-ethyl adjacent to an activating group) is 1. The number of unbranched alkanes of at least 4 members (excludes halogenated alkanes) is 1. The van der Waals surface area contributed by atoms with Crippen molar-refractivity contribution in [2.24, 2.45) is 11.1 Å². The van der Waals surface area contributed by atoms with Gasteiger partial charge in [0, 0.05) is 24.1 Å². The van der Waals surface area contributed by atoms with Crippen LogP contribution in [0.2, 0.25) is 0 Å². The molecule has 0 amide bonds. The van der Waals surface area contributed by atoms with Crippen LogP contribution >= 0.6 is 0 Å². The lowest BCUT2D eigenvalue weighted by Gasteiger charge is -2.60. The van der Waals surface area contributed by atoms with Crippen molar-refractivity contribution < 1.29 is 4.74 Å². The quantitative estimate of drug-likeness (QED) is 0.725. The molecule has 0 aromatic rings. The Hall–Kier alpha value is -0.120. The maximum absolute atomic E-state index is 6.63. The van der Waals surface area contributed by atoms with Gasteiger partial charge in [-0.05, 0) is 32.9 Å². The van der Waals surface area contributed by atoms with Gasteiger partial charge in [-0.25, -0.2) is 0 Å². The van der Waals surface area contributed by atoms with E-state index in [9.17, 15) is 0 Å². The Labute approximate surface area is 113 Å². The molecule has 0 bridgehead atoms. The molecule has 18 heavy (non-hydrogen) atoms. The van der Waals surface area contributed by atoms with Crippen LogP contribution in [-0.2, 0) is 4.74 Å². The lowest BCUT2D eigenvalue weighted by atomic mass is 9.54. The Bertz CT molecular complexity index is 255. The number of hydrogen-bond acceptors (Lipinski definition) is 3. The Balaban J connectivity index is 2.55. The Kier molecular flexibility index (Phi) is 5.63. The minimum absolute atomic E-state index is 0.0860. The summed E-state index contributed by atoms with van der Waals surface area (Å²) in [6.07, 6.45) is 3.84. The van der Waals surface area contributed by atoms with Crippen LogP contribution < -0.4 is 5.73 Å². The summed E-state index contributed by atoms with van der Waals surface area (Å²) in [5.74, 6) is 0. The summed E-state index contributed by atoms with van der Waals surface area (Å²) in [5, 5.41) is 0. The fourth-order valence-corrected chi connectivity index (χ4v) is 2.91. The molecule has 0 aromatic carbocycles. The minimum Gasteiger partial charge on any atom is -0.378 e. The van der Waals surface area contributed by atoms with Crippen molar-refractivity contribution in [1.82, 2.24) is 4.90 Å². The van der Waals surface area contributed by atoms with E-state index in [1.54, 1.807) is 0 Å². The number of ether oxygens (including phenoxy) is 1. The number of rotatable bonds is 8. The van der Waals surface area contributed by atoms with Gasteiger partial charge >= 0.3 is 0 Å². The van der Waals surface area contributed by atoms with Crippen LogP contribution in [0, 0.1) is 5.41 Å². The molecule has 3 nitrogen and oxygen atoms in total. The second-order valence-corrected chi connectivity index (χ2v) is 6.25. The summed E-state index contributed by atoms with van der Waals surface area (Å²) >= 11 is 0. The lowest BCUT2D eigenvalue weighted by molar-refractivity contribution is -0.156. The third kappa shape index (κ3) is 3.06. The van der Waals surface area contributed by atoms with Crippen molar-refractivity contribution in [1.29, 1.82) is 0 Å². The minimum atomic E-state index is -0.0867. The molecule has 0 heterocycles. The number of nitrogens with zero attached hydrogens (tertiary/aromatic N) is 1. The van der Waals surface area contributed by atoms with Gasteiger partial charge in [0.1, 0.15) is 0 Å². The van der Waals surface area contributed by atoms with E-state index >= 15 is 0 Å². The van der Waals surface area contributed by atoms with Crippen molar-refractivity contribution in [3.8, 4) is 0 Å². The summed E-state index contributed by atoms with van der Waals surface area (Å²) in [6.45, 7) is 15.1. The molecule has 1 aliphatic rings. The zero-order valence-corrected chi connectivity index (χ0v) is 13.0. The highest BCUT2D eigenvalue weighted by atomic mass is 16.5. The molecule has 0 aromatic heterocycles. The highest BCUT2D eigenvalue weighted by molar-refractivity contribution is 5.14. The molecule has 1 rings (SSSR count). The number of hydrogen-bond donors (Lipinski definition) is 1. The summed E-state index contributed by atoms with van der Waals surface area (Å²) in [7, 11) is 0. The first-order valence-corrected chi connectivity index (χ1v) is 7.54. The summed E-state index contributed by atoms with van der Waals surface area (Å²) in [5.41, 5.74) is 6.63. The smallest absolute Gasteiger partial charge is 0.0662 e. The first kappa shape index (κ1) is 15.9. The van der Waals surface area contributed by atoms with Crippen molar-refractivity contribution in [3.05, 3.63) is 0 Å². The topological polar surface area (TPSA) is 38.5 Å². The molecular formula is C15H32N2O. The van der Waals surface area contributed by atoms with Gasteiger partial charge in [0.05, 0.1) is 6.10 Å². The SMILES string of the molecule is CCCCN(CC)CC1(N)CC(OCC)C1(C)C. The van der Waals surface area contributed by atoms with Crippen LogP contribution in [-0.4, -0.2) is 42.8 Å². The van der Waals surface area contributed by atoms with E-state index in [0.29, 0.717) is 6.10 Å². The maximum atomic E-state index is 6.63. The Morgan fingerprint density at radius 1 is 1.28 bits per heavy atom. The van der Waals surface area contributed by atoms with Crippen LogP contribution in [0.15, 0.2) is 0 Å². The third-order valence-corrected chi connectivity index (χ3v) is 4.79. The van der Waals surface area contributed by atoms with Crippen LogP contribution in [0.1, 0.15) is 53.9 Å². The van der Waals surface area contributed by atoms with Crippen LogP contribution in [0.25, 0.3) is 0 Å². The van der Waals surface area contributed by atoms with Gasteiger partial charge in [-0.15, -0.1) is 0 Å². The van der Waals surface area contributed by atoms with Crippen LogP contribution in [0.3, 0.4) is 0 Å². The van der Waals surface area contributed by atoms with Crippen molar-refractivity contribution in [3.63, 3.8) is 0 Å². The molecular weight excluding hydrogens is 224 g/mol. The molecule has 108 valence electrons. The maximum Gasteiger partial charge on any atom is 0.0662 e. The molecule has 2 N–H and O–H groups in total. The standard InChI is InChI=1S/C15H32N2O/c1-6-9-10-17(7-2)12-15(16)11-13(18-8-3)14(15,4)5/h13H,6-12,16H2,1-5H3. The largest absolute Gasteiger partial charge is 0.378 e. The molecule has 0 aliphatic heterocycles. The Morgan fingerprint density at radius 3 is 2.39 bits per heavy atom. The Morgan fingerprint density at radius 2 is 1.94 bits per heavy atom. The van der Waals surface area contributed by atoms with E-state index in [1.165, 1.54) is 19.4 Å². The van der Waals surface area contributed by atoms with E-state index in [-0.39, 0.29) is 11.0 Å². The van der Waals surface area contributed by atoms with E-state index < -0.39 is 0 Å². The monoisotopic (exact) mass is 256 g/mol. The first-order chi connectivity index (χ1) is 8.41. The average molecular weight is 256 g/mol. The van der Waals surface area contributed by atoms with Gasteiger partial charge < -0.3 is 15.4 Å². The van der Waals surface area contributed by atoms with Crippen molar-refractivity contribution in [2.45, 2.75) is 65.5 Å². The van der Waals surface area contributed by atoms with Gasteiger partial charge in [-0.2, -0.15) is 0 Å². The normalized spacial score (nSPS) is 30.5. The fraction of sp³-hybridized carbons (Fsp3) is 1.00. The van der Waals surface area contributed by atoms with E-state index in [0.717, 1.165) is 26.1 Å². The molecule has 0 saturated heterocycles. The highest BCUT2D eigenvalue weighted by Crippen LogP contribution is 2.50. The highest BCUT2D eigenvalue weighted by Gasteiger charge is 2.58. The number of nitrogens with two attached hydrogens (primary N) is 1. The summed E-state index contributed by atoms with van der Waals surface area (Å²) in [4.78, 5) is 2.49. The molecule has 1 fully saturated rings. The molecule has 0 radical (unpaired) electrons. The van der Waals surface area contributed by atoms with Gasteiger partial charge in [0.25, 0.3) is 0 Å². The molecule has 2 unspecified atom stereocenters. The summed E-state index contributed by atoms with van der Waals surface area (Å²) < 4.78 is 5.79. The van der Waals surface area contributed by atoms with E-state index in [4.69, 9.17) is 10.5 Å². The molecule has 1 aliphatic carbocycles. The second-order valence-electron chi connectivity index (χ2n) is 6.25. The zero-order valence-electron chi connectivity index (χ0n) is 13.0. The van der Waals surface area contributed by atoms with E-state index in [1.807, 2.05) is 0 Å². The molecule has 2 atom stereocenters. The van der Waals surface area contributed by atoms with Gasteiger partial charge in [0.2, 0.25) is 0 Å². The van der Waals surface area contributed by atoms with Crippen molar-refractivity contribution in [2.75, 3.05) is 26.2 Å². The molecule has 1 saturated carbocycles. The molecule has 3 heteroatoms. The van der Waals surface area contributed by atoms with Crippen molar-refractivity contribution >= 4 is 0 Å². The predicted octanol–water partition coefficient (Wildman–Crippen LogP) is 2.64. The third-order valence-electron chi connectivity index (χ3n) is 4.79. The lowest BCUT2D eigenvalue weighted by Crippen LogP contribution is -2.73. The zero-order chi connectivity index (χ0) is 13.8. The fourth-order valence-electron chi connectivity index (χ4n) is 2.91. The second kappa shape index (κ2) is 6.36. The van der Waals surface area contributed by atoms with Crippen LogP contribution in [0.5, 0.6) is 0 Å². The van der Waals surface area contributed by atoms with Gasteiger partial charge in [0.15, 0.2) is 0 Å². The van der Waals surface area contributed by atoms with Crippen LogP contribution in [0.4, 0.5) is 0 Å². The predicted molar refractivity (Wildman–Crippen MR) is 77.8 cm³/mol. The molecule has 0 spiro atoms. The summed E-state index contributed by atoms with van der Waals surface area (Å²) in [6, 6.07) is 0.